The summed E-state index contributed by atoms with van der Waals surface area (Å²) in [7, 11) is 0. The number of hydrogen-bond acceptors (Lipinski definition) is 2. The van der Waals surface area contributed by atoms with Crippen molar-refractivity contribution in [3.63, 3.8) is 0 Å². The molecule has 1 aromatic carbocycles. The molecule has 1 fully saturated rings. The molecule has 0 bridgehead atoms. The molecule has 4 nitrogen and oxygen atoms in total. The Balaban J connectivity index is 2.08. The van der Waals surface area contributed by atoms with Gasteiger partial charge in [0.05, 0.1) is 5.69 Å². The van der Waals surface area contributed by atoms with Gasteiger partial charge in [-0.1, -0.05) is 6.07 Å². The quantitative estimate of drug-likeness (QED) is 0.855. The number of amides is 2. The lowest BCUT2D eigenvalue weighted by atomic mass is 9.72. The van der Waals surface area contributed by atoms with Crippen LogP contribution in [-0.4, -0.2) is 11.8 Å². The lowest BCUT2D eigenvalue weighted by molar-refractivity contribution is -0.135. The van der Waals surface area contributed by atoms with Crippen molar-refractivity contribution >= 4 is 17.5 Å². The number of benzene rings is 1. The van der Waals surface area contributed by atoms with Crippen LogP contribution in [0.15, 0.2) is 18.2 Å². The number of aryl methyl sites for hydroxylation is 1. The van der Waals surface area contributed by atoms with Gasteiger partial charge in [-0.2, -0.15) is 0 Å². The van der Waals surface area contributed by atoms with E-state index in [1.807, 2.05) is 6.92 Å². The second kappa shape index (κ2) is 4.76. The zero-order valence-electron chi connectivity index (χ0n) is 10.1. The summed E-state index contributed by atoms with van der Waals surface area (Å²) in [5.74, 6) is -2.13. The molecular formula is C13H15FN2O2. The minimum Gasteiger partial charge on any atom is -0.369 e. The van der Waals surface area contributed by atoms with Crippen molar-refractivity contribution in [2.45, 2.75) is 19.8 Å². The first-order valence-corrected chi connectivity index (χ1v) is 5.85. The summed E-state index contributed by atoms with van der Waals surface area (Å²) < 4.78 is 13.5. The van der Waals surface area contributed by atoms with Gasteiger partial charge in [-0.3, -0.25) is 9.59 Å². The SMILES string of the molecule is Cc1ccc(F)c(NC(=O)[C@H]2CC[C@@H]2C(N)=O)c1. The number of nitrogens with two attached hydrogens (primary N) is 1. The van der Waals surface area contributed by atoms with E-state index in [-0.39, 0.29) is 11.6 Å². The highest BCUT2D eigenvalue weighted by molar-refractivity contribution is 5.97. The van der Waals surface area contributed by atoms with E-state index < -0.39 is 23.6 Å². The van der Waals surface area contributed by atoms with Crippen LogP contribution in [0.2, 0.25) is 0 Å². The van der Waals surface area contributed by atoms with Crippen molar-refractivity contribution in [1.29, 1.82) is 0 Å². The zero-order valence-corrected chi connectivity index (χ0v) is 10.1. The van der Waals surface area contributed by atoms with Crippen LogP contribution >= 0.6 is 0 Å². The van der Waals surface area contributed by atoms with Gasteiger partial charge in [0.15, 0.2) is 0 Å². The average molecular weight is 250 g/mol. The third-order valence-electron chi connectivity index (χ3n) is 3.36. The molecule has 3 N–H and O–H groups in total. The van der Waals surface area contributed by atoms with Gasteiger partial charge in [-0.15, -0.1) is 0 Å². The van der Waals surface area contributed by atoms with Crippen molar-refractivity contribution in [2.75, 3.05) is 5.32 Å². The Morgan fingerprint density at radius 3 is 2.56 bits per heavy atom. The predicted octanol–water partition coefficient (Wildman–Crippen LogP) is 1.58. The molecule has 2 amide bonds. The first-order valence-electron chi connectivity index (χ1n) is 5.85. The van der Waals surface area contributed by atoms with Gasteiger partial charge in [0, 0.05) is 11.8 Å². The lowest BCUT2D eigenvalue weighted by Crippen LogP contribution is -2.43. The lowest BCUT2D eigenvalue weighted by Gasteiger charge is -2.32. The number of carbonyl (C=O) groups excluding carboxylic acids is 2. The molecule has 2 atom stereocenters. The minimum absolute atomic E-state index is 0.148. The summed E-state index contributed by atoms with van der Waals surface area (Å²) in [6.07, 6.45) is 1.25. The fourth-order valence-corrected chi connectivity index (χ4v) is 2.11. The molecule has 0 aromatic heterocycles. The van der Waals surface area contributed by atoms with Gasteiger partial charge in [0.2, 0.25) is 11.8 Å². The third-order valence-corrected chi connectivity index (χ3v) is 3.36. The molecule has 18 heavy (non-hydrogen) atoms. The number of nitrogens with one attached hydrogen (secondary N) is 1. The second-order valence-electron chi connectivity index (χ2n) is 4.67. The molecule has 0 saturated heterocycles. The molecular weight excluding hydrogens is 235 g/mol. The van der Waals surface area contributed by atoms with Crippen LogP contribution < -0.4 is 11.1 Å². The summed E-state index contributed by atoms with van der Waals surface area (Å²) in [4.78, 5) is 22.9. The van der Waals surface area contributed by atoms with E-state index in [9.17, 15) is 14.0 Å². The van der Waals surface area contributed by atoms with Crippen LogP contribution in [0, 0.1) is 24.6 Å². The van der Waals surface area contributed by atoms with Crippen molar-refractivity contribution in [3.05, 3.63) is 29.6 Å². The maximum Gasteiger partial charge on any atom is 0.228 e. The summed E-state index contributed by atoms with van der Waals surface area (Å²) in [6, 6.07) is 4.49. The Hall–Kier alpha value is -1.91. The summed E-state index contributed by atoms with van der Waals surface area (Å²) in [5, 5.41) is 2.52. The normalized spacial score (nSPS) is 22.1. The number of halogens is 1. The number of anilines is 1. The maximum absolute atomic E-state index is 13.5. The molecule has 96 valence electrons. The van der Waals surface area contributed by atoms with Gasteiger partial charge in [-0.05, 0) is 37.5 Å². The van der Waals surface area contributed by atoms with E-state index in [1.54, 1.807) is 12.1 Å². The maximum atomic E-state index is 13.5. The summed E-state index contributed by atoms with van der Waals surface area (Å²) in [5.41, 5.74) is 6.18. The van der Waals surface area contributed by atoms with Gasteiger partial charge >= 0.3 is 0 Å². The number of carbonyl (C=O) groups is 2. The largest absolute Gasteiger partial charge is 0.369 e. The Morgan fingerprint density at radius 1 is 1.33 bits per heavy atom. The molecule has 1 aliphatic carbocycles. The molecule has 1 aromatic rings. The smallest absolute Gasteiger partial charge is 0.228 e. The fraction of sp³-hybridized carbons (Fsp3) is 0.385. The molecule has 0 aliphatic heterocycles. The Morgan fingerprint density at radius 2 is 2.00 bits per heavy atom. The molecule has 0 spiro atoms. The van der Waals surface area contributed by atoms with E-state index in [0.717, 1.165) is 5.56 Å². The van der Waals surface area contributed by atoms with E-state index in [0.29, 0.717) is 12.8 Å². The zero-order chi connectivity index (χ0) is 13.3. The van der Waals surface area contributed by atoms with Gasteiger partial charge in [0.1, 0.15) is 5.82 Å². The molecule has 2 rings (SSSR count). The highest BCUT2D eigenvalue weighted by Crippen LogP contribution is 2.35. The van der Waals surface area contributed by atoms with Crippen molar-refractivity contribution < 1.29 is 14.0 Å². The van der Waals surface area contributed by atoms with Crippen LogP contribution in [0.1, 0.15) is 18.4 Å². The molecule has 1 aliphatic rings. The third kappa shape index (κ3) is 2.34. The van der Waals surface area contributed by atoms with Crippen LogP contribution in [0.25, 0.3) is 0 Å². The topological polar surface area (TPSA) is 72.2 Å². The van der Waals surface area contributed by atoms with Crippen molar-refractivity contribution in [1.82, 2.24) is 0 Å². The van der Waals surface area contributed by atoms with Crippen LogP contribution in [-0.2, 0) is 9.59 Å². The molecule has 0 heterocycles. The highest BCUT2D eigenvalue weighted by Gasteiger charge is 2.40. The predicted molar refractivity (Wildman–Crippen MR) is 65.2 cm³/mol. The van der Waals surface area contributed by atoms with Crippen molar-refractivity contribution in [3.8, 4) is 0 Å². The van der Waals surface area contributed by atoms with E-state index in [2.05, 4.69) is 5.32 Å². The molecule has 0 radical (unpaired) electrons. The fourth-order valence-electron chi connectivity index (χ4n) is 2.11. The van der Waals surface area contributed by atoms with Crippen LogP contribution in [0.5, 0.6) is 0 Å². The van der Waals surface area contributed by atoms with E-state index in [4.69, 9.17) is 5.73 Å². The number of rotatable bonds is 3. The van der Waals surface area contributed by atoms with Crippen LogP contribution in [0.4, 0.5) is 10.1 Å². The minimum atomic E-state index is -0.483. The van der Waals surface area contributed by atoms with Crippen LogP contribution in [0.3, 0.4) is 0 Å². The standard InChI is InChI=1S/C13H15FN2O2/c1-7-2-5-10(14)11(6-7)16-13(18)9-4-3-8(9)12(15)17/h2,5-6,8-9H,3-4H2,1H3,(H2,15,17)(H,16,18)/t8-,9-/m0/s1. The first-order chi connectivity index (χ1) is 8.49. The molecule has 5 heteroatoms. The van der Waals surface area contributed by atoms with E-state index >= 15 is 0 Å². The van der Waals surface area contributed by atoms with Gasteiger partial charge in [-0.25, -0.2) is 4.39 Å². The second-order valence-corrected chi connectivity index (χ2v) is 4.67. The molecule has 1 saturated carbocycles. The average Bonchev–Trinajstić information content (AvgIpc) is 2.20. The number of hydrogen-bond donors (Lipinski definition) is 2. The Bertz CT molecular complexity index is 502. The number of primary amides is 1. The highest BCUT2D eigenvalue weighted by atomic mass is 19.1. The molecule has 0 unspecified atom stereocenters. The van der Waals surface area contributed by atoms with Gasteiger partial charge in [0.25, 0.3) is 0 Å². The Labute approximate surface area is 104 Å². The monoisotopic (exact) mass is 250 g/mol. The summed E-state index contributed by atoms with van der Waals surface area (Å²) >= 11 is 0. The van der Waals surface area contributed by atoms with Gasteiger partial charge < -0.3 is 11.1 Å². The van der Waals surface area contributed by atoms with E-state index in [1.165, 1.54) is 6.07 Å². The summed E-state index contributed by atoms with van der Waals surface area (Å²) in [6.45, 7) is 1.81. The van der Waals surface area contributed by atoms with Crippen molar-refractivity contribution in [2.24, 2.45) is 17.6 Å². The Kier molecular flexibility index (Phi) is 3.32. The first kappa shape index (κ1) is 12.5.